The molecule has 0 aromatic rings. The smallest absolute Gasteiger partial charge is 0.242 e. The van der Waals surface area contributed by atoms with Gasteiger partial charge in [0.05, 0.1) is 0 Å². The highest BCUT2D eigenvalue weighted by atomic mass is 16.7. The summed E-state index contributed by atoms with van der Waals surface area (Å²) >= 11 is 0. The Morgan fingerprint density at radius 2 is 1.00 bits per heavy atom. The van der Waals surface area contributed by atoms with Crippen LogP contribution in [0.5, 0.6) is 0 Å². The Labute approximate surface area is 145 Å². The summed E-state index contributed by atoms with van der Waals surface area (Å²) in [6, 6.07) is 0. The molecule has 1 aliphatic rings. The molecular formula is C21H40O2. The van der Waals surface area contributed by atoms with Crippen molar-refractivity contribution in [3.8, 4) is 0 Å². The first kappa shape index (κ1) is 20.4. The van der Waals surface area contributed by atoms with Crippen LogP contribution in [0.3, 0.4) is 0 Å². The normalized spacial score (nSPS) is 15.6. The number of hydrogen-bond donors (Lipinski definition) is 0. The monoisotopic (exact) mass is 324 g/mol. The highest BCUT2D eigenvalue weighted by Gasteiger charge is 2.24. The van der Waals surface area contributed by atoms with Crippen LogP contribution < -0.4 is 0 Å². The van der Waals surface area contributed by atoms with E-state index in [0.29, 0.717) is 5.92 Å². The van der Waals surface area contributed by atoms with Gasteiger partial charge < -0.3 is 9.47 Å². The Morgan fingerprint density at radius 3 is 1.43 bits per heavy atom. The molecule has 0 saturated heterocycles. The van der Waals surface area contributed by atoms with Crippen molar-refractivity contribution in [1.29, 1.82) is 0 Å². The molecule has 0 radical (unpaired) electrons. The molecule has 23 heavy (non-hydrogen) atoms. The van der Waals surface area contributed by atoms with E-state index in [1.165, 1.54) is 96.3 Å². The molecule has 0 amide bonds. The van der Waals surface area contributed by atoms with Crippen LogP contribution >= 0.6 is 0 Å². The van der Waals surface area contributed by atoms with E-state index >= 15 is 0 Å². The Hall–Kier alpha value is -0.660. The van der Waals surface area contributed by atoms with Crippen molar-refractivity contribution in [1.82, 2.24) is 0 Å². The molecule has 1 heterocycles. The van der Waals surface area contributed by atoms with E-state index in [9.17, 15) is 0 Å². The van der Waals surface area contributed by atoms with E-state index in [1.54, 1.807) is 12.5 Å². The summed E-state index contributed by atoms with van der Waals surface area (Å²) in [7, 11) is 0. The van der Waals surface area contributed by atoms with Crippen LogP contribution in [-0.4, -0.2) is 6.29 Å². The zero-order valence-corrected chi connectivity index (χ0v) is 15.7. The van der Waals surface area contributed by atoms with E-state index in [0.717, 1.165) is 0 Å². The Morgan fingerprint density at radius 1 is 0.609 bits per heavy atom. The summed E-state index contributed by atoms with van der Waals surface area (Å²) in [4.78, 5) is 0. The summed E-state index contributed by atoms with van der Waals surface area (Å²) in [6.45, 7) is 4.56. The Balaban J connectivity index is 2.09. The molecule has 0 aromatic carbocycles. The molecule has 0 N–H and O–H groups in total. The van der Waals surface area contributed by atoms with Gasteiger partial charge in [-0.25, -0.2) is 0 Å². The minimum atomic E-state index is -0.00858. The second kappa shape index (κ2) is 14.9. The van der Waals surface area contributed by atoms with Crippen molar-refractivity contribution in [2.24, 2.45) is 5.92 Å². The topological polar surface area (TPSA) is 18.5 Å². The minimum absolute atomic E-state index is 0.00858. The van der Waals surface area contributed by atoms with Gasteiger partial charge in [-0.05, 0) is 12.8 Å². The standard InChI is InChI=1S/C21H40O2/c1-3-5-7-9-11-13-15-17-20(21-22-18-19-23-21)16-14-12-10-8-6-4-2/h18-21H,3-17H2,1-2H3. The first-order valence-corrected chi connectivity index (χ1v) is 10.3. The van der Waals surface area contributed by atoms with Crippen molar-refractivity contribution in [2.45, 2.75) is 116 Å². The van der Waals surface area contributed by atoms with E-state index < -0.39 is 0 Å². The van der Waals surface area contributed by atoms with E-state index in [4.69, 9.17) is 9.47 Å². The summed E-state index contributed by atoms with van der Waals surface area (Å²) < 4.78 is 11.2. The van der Waals surface area contributed by atoms with Crippen LogP contribution in [0.1, 0.15) is 110 Å². The predicted octanol–water partition coefficient (Wildman–Crippen LogP) is 7.34. The molecule has 0 saturated carbocycles. The largest absolute Gasteiger partial charge is 0.459 e. The van der Waals surface area contributed by atoms with Crippen molar-refractivity contribution in [3.05, 3.63) is 12.5 Å². The van der Waals surface area contributed by atoms with Crippen molar-refractivity contribution in [3.63, 3.8) is 0 Å². The lowest BCUT2D eigenvalue weighted by molar-refractivity contribution is -0.0724. The van der Waals surface area contributed by atoms with Crippen LogP contribution in [0.15, 0.2) is 12.5 Å². The molecule has 136 valence electrons. The number of hydrogen-bond acceptors (Lipinski definition) is 2. The van der Waals surface area contributed by atoms with Crippen LogP contribution in [0, 0.1) is 5.92 Å². The molecule has 0 fully saturated rings. The molecule has 0 bridgehead atoms. The van der Waals surface area contributed by atoms with Gasteiger partial charge in [-0.3, -0.25) is 0 Å². The van der Waals surface area contributed by atoms with Gasteiger partial charge in [-0.1, -0.05) is 97.3 Å². The fourth-order valence-electron chi connectivity index (χ4n) is 3.44. The number of unbranched alkanes of at least 4 members (excludes halogenated alkanes) is 11. The van der Waals surface area contributed by atoms with Gasteiger partial charge in [0.25, 0.3) is 0 Å². The fourth-order valence-corrected chi connectivity index (χ4v) is 3.44. The van der Waals surface area contributed by atoms with Gasteiger partial charge in [-0.15, -0.1) is 0 Å². The summed E-state index contributed by atoms with van der Waals surface area (Å²) in [5, 5.41) is 0. The highest BCUT2D eigenvalue weighted by molar-refractivity contribution is 4.76. The lowest BCUT2D eigenvalue weighted by Gasteiger charge is -2.22. The molecule has 1 atom stereocenters. The van der Waals surface area contributed by atoms with Crippen LogP contribution in [-0.2, 0) is 9.47 Å². The van der Waals surface area contributed by atoms with Crippen molar-refractivity contribution < 1.29 is 9.47 Å². The van der Waals surface area contributed by atoms with Crippen LogP contribution in [0.2, 0.25) is 0 Å². The molecule has 1 unspecified atom stereocenters. The SMILES string of the molecule is CCCCCCCCCC(CCCCCCCC)C1OC=CO1. The van der Waals surface area contributed by atoms with Gasteiger partial charge >= 0.3 is 0 Å². The zero-order chi connectivity index (χ0) is 16.6. The quantitative estimate of drug-likeness (QED) is 0.276. The maximum atomic E-state index is 5.62. The first-order chi connectivity index (χ1) is 11.4. The highest BCUT2D eigenvalue weighted by Crippen LogP contribution is 2.27. The van der Waals surface area contributed by atoms with Crippen LogP contribution in [0.25, 0.3) is 0 Å². The molecule has 0 spiro atoms. The summed E-state index contributed by atoms with van der Waals surface area (Å²) in [5.41, 5.74) is 0. The molecule has 1 aliphatic heterocycles. The van der Waals surface area contributed by atoms with Gasteiger partial charge in [0, 0.05) is 5.92 Å². The molecular weight excluding hydrogens is 284 g/mol. The van der Waals surface area contributed by atoms with Crippen molar-refractivity contribution in [2.75, 3.05) is 0 Å². The Kier molecular flexibility index (Phi) is 13.2. The predicted molar refractivity (Wildman–Crippen MR) is 99.2 cm³/mol. The van der Waals surface area contributed by atoms with E-state index in [-0.39, 0.29) is 6.29 Å². The van der Waals surface area contributed by atoms with Crippen molar-refractivity contribution >= 4 is 0 Å². The molecule has 0 aromatic heterocycles. The van der Waals surface area contributed by atoms with Gasteiger partial charge in [0.15, 0.2) is 0 Å². The van der Waals surface area contributed by atoms with Crippen LogP contribution in [0.4, 0.5) is 0 Å². The molecule has 0 aliphatic carbocycles. The average molecular weight is 325 g/mol. The maximum absolute atomic E-state index is 5.62. The maximum Gasteiger partial charge on any atom is 0.242 e. The lowest BCUT2D eigenvalue weighted by atomic mass is 9.93. The van der Waals surface area contributed by atoms with Gasteiger partial charge in [0.2, 0.25) is 6.29 Å². The van der Waals surface area contributed by atoms with E-state index in [2.05, 4.69) is 13.8 Å². The molecule has 2 heteroatoms. The zero-order valence-electron chi connectivity index (χ0n) is 15.7. The second-order valence-corrected chi connectivity index (χ2v) is 7.14. The van der Waals surface area contributed by atoms with Gasteiger partial charge in [0.1, 0.15) is 12.5 Å². The average Bonchev–Trinajstić information content (AvgIpc) is 3.09. The Bertz CT molecular complexity index is 267. The van der Waals surface area contributed by atoms with Gasteiger partial charge in [-0.2, -0.15) is 0 Å². The lowest BCUT2D eigenvalue weighted by Crippen LogP contribution is -2.21. The third-order valence-corrected chi connectivity index (χ3v) is 4.97. The summed E-state index contributed by atoms with van der Waals surface area (Å²) in [6.07, 6.45) is 23.8. The molecule has 2 nitrogen and oxygen atoms in total. The van der Waals surface area contributed by atoms with E-state index in [1.807, 2.05) is 0 Å². The molecule has 1 rings (SSSR count). The summed E-state index contributed by atoms with van der Waals surface area (Å²) in [5.74, 6) is 0.576. The number of ether oxygens (including phenoxy) is 2. The first-order valence-electron chi connectivity index (χ1n) is 10.3. The second-order valence-electron chi connectivity index (χ2n) is 7.14. The number of rotatable bonds is 16. The minimum Gasteiger partial charge on any atom is -0.459 e. The third-order valence-electron chi connectivity index (χ3n) is 4.97. The fraction of sp³-hybridized carbons (Fsp3) is 0.905. The third kappa shape index (κ3) is 10.7.